The number of nitrogens with two attached hydrogens (primary N) is 2. The lowest BCUT2D eigenvalue weighted by Gasteiger charge is -1.99. The Morgan fingerprint density at radius 2 is 2.33 bits per heavy atom. The fraction of sp³-hybridized carbons (Fsp3) is 0.286. The number of ether oxygens (including phenoxy) is 1. The summed E-state index contributed by atoms with van der Waals surface area (Å²) in [5.74, 6) is -0.480. The number of rotatable bonds is 2. The van der Waals surface area contributed by atoms with Crippen molar-refractivity contribution >= 4 is 17.3 Å². The van der Waals surface area contributed by atoms with Gasteiger partial charge in [-0.2, -0.15) is 0 Å². The predicted molar refractivity (Wildman–Crippen MR) is 45.6 cm³/mol. The van der Waals surface area contributed by atoms with E-state index in [4.69, 9.17) is 16.2 Å². The Morgan fingerprint density at radius 3 is 2.75 bits per heavy atom. The molecule has 1 heterocycles. The lowest BCUT2D eigenvalue weighted by molar-refractivity contribution is 0.0521. The molecule has 0 saturated carbocycles. The second-order valence-corrected chi connectivity index (χ2v) is 2.25. The van der Waals surface area contributed by atoms with Crippen molar-refractivity contribution in [2.24, 2.45) is 0 Å². The van der Waals surface area contributed by atoms with Crippen molar-refractivity contribution in [3.8, 4) is 0 Å². The van der Waals surface area contributed by atoms with Crippen LogP contribution >= 0.6 is 0 Å². The summed E-state index contributed by atoms with van der Waals surface area (Å²) in [5.41, 5.74) is 11.7. The Labute approximate surface area is 69.7 Å². The van der Waals surface area contributed by atoms with Crippen molar-refractivity contribution in [2.45, 2.75) is 6.92 Å². The van der Waals surface area contributed by atoms with Crippen LogP contribution in [0, 0.1) is 0 Å². The minimum absolute atomic E-state index is 0.217. The van der Waals surface area contributed by atoms with E-state index in [0.29, 0.717) is 12.3 Å². The Morgan fingerprint density at radius 1 is 1.67 bits per heavy atom. The molecule has 0 aliphatic rings. The molecule has 0 radical (unpaired) electrons. The van der Waals surface area contributed by atoms with Crippen LogP contribution in [0.3, 0.4) is 0 Å². The van der Waals surface area contributed by atoms with Crippen LogP contribution in [0.25, 0.3) is 0 Å². The number of nitrogen functional groups attached to an aromatic ring is 2. The molecule has 0 unspecified atom stereocenters. The molecule has 5 heteroatoms. The average molecular weight is 169 g/mol. The van der Waals surface area contributed by atoms with Gasteiger partial charge in [0.1, 0.15) is 5.69 Å². The zero-order chi connectivity index (χ0) is 9.14. The van der Waals surface area contributed by atoms with Crippen LogP contribution in [0.2, 0.25) is 0 Å². The van der Waals surface area contributed by atoms with E-state index in [0.717, 1.165) is 0 Å². The van der Waals surface area contributed by atoms with Crippen molar-refractivity contribution in [1.29, 1.82) is 0 Å². The highest BCUT2D eigenvalue weighted by Crippen LogP contribution is 2.18. The third-order valence-corrected chi connectivity index (χ3v) is 1.43. The smallest absolute Gasteiger partial charge is 0.356 e. The topological polar surface area (TPSA) is 94.1 Å². The average Bonchev–Trinajstić information content (AvgIpc) is 2.34. The van der Waals surface area contributed by atoms with Gasteiger partial charge in [-0.3, -0.25) is 0 Å². The van der Waals surface area contributed by atoms with Crippen LogP contribution < -0.4 is 11.5 Å². The van der Waals surface area contributed by atoms with E-state index < -0.39 is 5.97 Å². The van der Waals surface area contributed by atoms with Gasteiger partial charge >= 0.3 is 5.97 Å². The highest BCUT2D eigenvalue weighted by molar-refractivity contribution is 5.96. The van der Waals surface area contributed by atoms with Gasteiger partial charge < -0.3 is 21.2 Å². The van der Waals surface area contributed by atoms with E-state index in [9.17, 15) is 4.79 Å². The molecule has 0 amide bonds. The first-order valence-corrected chi connectivity index (χ1v) is 3.56. The van der Waals surface area contributed by atoms with Gasteiger partial charge in [0.25, 0.3) is 0 Å². The molecule has 0 aliphatic carbocycles. The molecule has 0 aliphatic heterocycles. The lowest BCUT2D eigenvalue weighted by Crippen LogP contribution is -2.07. The van der Waals surface area contributed by atoms with Crippen molar-refractivity contribution in [3.05, 3.63) is 11.9 Å². The monoisotopic (exact) mass is 169 g/mol. The fourth-order valence-electron chi connectivity index (χ4n) is 0.822. The molecule has 1 aromatic rings. The van der Waals surface area contributed by atoms with Gasteiger partial charge in [-0.1, -0.05) is 0 Å². The Kier molecular flexibility index (Phi) is 2.23. The molecular formula is C7H11N3O2. The molecule has 0 bridgehead atoms. The first-order chi connectivity index (χ1) is 5.66. The summed E-state index contributed by atoms with van der Waals surface area (Å²) in [5, 5.41) is 0. The zero-order valence-corrected chi connectivity index (χ0v) is 6.76. The van der Waals surface area contributed by atoms with E-state index in [2.05, 4.69) is 4.98 Å². The van der Waals surface area contributed by atoms with Crippen LogP contribution in [-0.4, -0.2) is 17.6 Å². The lowest BCUT2D eigenvalue weighted by atomic mass is 10.3. The third kappa shape index (κ3) is 1.34. The predicted octanol–water partition coefficient (Wildman–Crippen LogP) is 0.356. The van der Waals surface area contributed by atoms with Crippen molar-refractivity contribution < 1.29 is 9.53 Å². The normalized spacial score (nSPS) is 9.75. The molecule has 0 saturated heterocycles. The number of carbonyl (C=O) groups excluding carboxylic acids is 1. The second-order valence-electron chi connectivity index (χ2n) is 2.25. The third-order valence-electron chi connectivity index (χ3n) is 1.43. The number of hydrogen-bond acceptors (Lipinski definition) is 4. The number of esters is 1. The Balaban J connectivity index is 2.88. The van der Waals surface area contributed by atoms with E-state index in [1.54, 1.807) is 6.92 Å². The standard InChI is InChI=1S/C7H11N3O2/c1-2-12-7(11)6-5(9)4(8)3-10-6/h3,10H,2,8-9H2,1H3. The first-order valence-electron chi connectivity index (χ1n) is 3.56. The Hall–Kier alpha value is -1.65. The molecule has 5 N–H and O–H groups in total. The summed E-state index contributed by atoms with van der Waals surface area (Å²) in [6.45, 7) is 2.04. The molecule has 12 heavy (non-hydrogen) atoms. The number of carbonyl (C=O) groups is 1. The van der Waals surface area contributed by atoms with Crippen LogP contribution in [0.15, 0.2) is 6.20 Å². The minimum atomic E-state index is -0.480. The van der Waals surface area contributed by atoms with Crippen LogP contribution in [0.1, 0.15) is 17.4 Å². The molecule has 5 nitrogen and oxygen atoms in total. The molecule has 0 aromatic carbocycles. The fourth-order valence-corrected chi connectivity index (χ4v) is 0.822. The molecule has 66 valence electrons. The SMILES string of the molecule is CCOC(=O)c1[nH]cc(N)c1N. The summed E-state index contributed by atoms with van der Waals surface area (Å²) in [6, 6.07) is 0. The van der Waals surface area contributed by atoms with Crippen molar-refractivity contribution in [2.75, 3.05) is 18.1 Å². The molecular weight excluding hydrogens is 158 g/mol. The quantitative estimate of drug-likeness (QED) is 0.557. The summed E-state index contributed by atoms with van der Waals surface area (Å²) < 4.78 is 4.72. The zero-order valence-electron chi connectivity index (χ0n) is 6.76. The maximum atomic E-state index is 11.1. The van der Waals surface area contributed by atoms with Gasteiger partial charge in [-0.05, 0) is 6.92 Å². The number of aromatic amines is 1. The largest absolute Gasteiger partial charge is 0.461 e. The number of nitrogens with one attached hydrogen (secondary N) is 1. The number of hydrogen-bond donors (Lipinski definition) is 3. The van der Waals surface area contributed by atoms with E-state index in [1.165, 1.54) is 6.20 Å². The molecule has 0 atom stereocenters. The van der Waals surface area contributed by atoms with Crippen molar-refractivity contribution in [3.63, 3.8) is 0 Å². The summed E-state index contributed by atoms with van der Waals surface area (Å²) in [4.78, 5) is 13.7. The van der Waals surface area contributed by atoms with Gasteiger partial charge in [0.05, 0.1) is 18.0 Å². The molecule has 0 spiro atoms. The second kappa shape index (κ2) is 3.17. The van der Waals surface area contributed by atoms with E-state index >= 15 is 0 Å². The Bertz CT molecular complexity index is 293. The molecule has 1 aromatic heterocycles. The van der Waals surface area contributed by atoms with Crippen LogP contribution in [0.5, 0.6) is 0 Å². The van der Waals surface area contributed by atoms with E-state index in [-0.39, 0.29) is 11.4 Å². The highest BCUT2D eigenvalue weighted by atomic mass is 16.5. The maximum Gasteiger partial charge on any atom is 0.356 e. The van der Waals surface area contributed by atoms with Gasteiger partial charge in [0.15, 0.2) is 0 Å². The highest BCUT2D eigenvalue weighted by Gasteiger charge is 2.13. The first kappa shape index (κ1) is 8.45. The number of anilines is 2. The van der Waals surface area contributed by atoms with Gasteiger partial charge in [0, 0.05) is 6.20 Å². The van der Waals surface area contributed by atoms with Crippen LogP contribution in [0.4, 0.5) is 11.4 Å². The van der Waals surface area contributed by atoms with E-state index in [1.807, 2.05) is 0 Å². The minimum Gasteiger partial charge on any atom is -0.461 e. The molecule has 0 fully saturated rings. The summed E-state index contributed by atoms with van der Waals surface area (Å²) in [7, 11) is 0. The van der Waals surface area contributed by atoms with Crippen molar-refractivity contribution in [1.82, 2.24) is 4.98 Å². The van der Waals surface area contributed by atoms with Gasteiger partial charge in [-0.25, -0.2) is 4.79 Å². The summed E-state index contributed by atoms with van der Waals surface area (Å²) >= 11 is 0. The number of H-pyrrole nitrogens is 1. The maximum absolute atomic E-state index is 11.1. The van der Waals surface area contributed by atoms with Gasteiger partial charge in [0.2, 0.25) is 0 Å². The summed E-state index contributed by atoms with van der Waals surface area (Å²) in [6.07, 6.45) is 1.46. The molecule has 1 rings (SSSR count). The van der Waals surface area contributed by atoms with Crippen LogP contribution in [-0.2, 0) is 4.74 Å². The number of aromatic nitrogens is 1. The van der Waals surface area contributed by atoms with Gasteiger partial charge in [-0.15, -0.1) is 0 Å².